The Bertz CT molecular complexity index is 940. The molecule has 3 rings (SSSR count). The third kappa shape index (κ3) is 4.58. The van der Waals surface area contributed by atoms with Gasteiger partial charge in [-0.1, -0.05) is 42.5 Å². The number of carbonyl (C=O) groups is 2. The van der Waals surface area contributed by atoms with Crippen LogP contribution < -0.4 is 10.6 Å². The second-order valence-electron chi connectivity index (χ2n) is 6.11. The first-order valence-corrected chi connectivity index (χ1v) is 8.56. The van der Waals surface area contributed by atoms with Crippen LogP contribution in [0, 0.1) is 5.82 Å². The Morgan fingerprint density at radius 1 is 0.815 bits per heavy atom. The van der Waals surface area contributed by atoms with Crippen molar-refractivity contribution >= 4 is 17.5 Å². The van der Waals surface area contributed by atoms with Crippen LogP contribution in [-0.4, -0.2) is 11.8 Å². The van der Waals surface area contributed by atoms with E-state index in [1.807, 2.05) is 37.3 Å². The number of halogens is 1. The predicted molar refractivity (Wildman–Crippen MR) is 103 cm³/mol. The fourth-order valence-corrected chi connectivity index (χ4v) is 2.69. The third-order valence-corrected chi connectivity index (χ3v) is 4.17. The summed E-state index contributed by atoms with van der Waals surface area (Å²) in [5, 5.41) is 5.65. The number of hydrogen-bond acceptors (Lipinski definition) is 2. The molecule has 0 fully saturated rings. The number of hydrogen-bond donors (Lipinski definition) is 2. The third-order valence-electron chi connectivity index (χ3n) is 4.17. The minimum absolute atomic E-state index is 0.181. The summed E-state index contributed by atoms with van der Waals surface area (Å²) in [5.41, 5.74) is 2.04. The van der Waals surface area contributed by atoms with Gasteiger partial charge in [0, 0.05) is 5.56 Å². The van der Waals surface area contributed by atoms with Gasteiger partial charge in [0.25, 0.3) is 11.8 Å². The number of para-hydroxylation sites is 1. The number of anilines is 1. The van der Waals surface area contributed by atoms with E-state index in [-0.39, 0.29) is 11.9 Å². The van der Waals surface area contributed by atoms with Gasteiger partial charge >= 0.3 is 0 Å². The van der Waals surface area contributed by atoms with Crippen LogP contribution in [0.25, 0.3) is 0 Å². The monoisotopic (exact) mass is 362 g/mol. The van der Waals surface area contributed by atoms with Gasteiger partial charge in [-0.05, 0) is 48.9 Å². The van der Waals surface area contributed by atoms with E-state index in [4.69, 9.17) is 0 Å². The molecule has 0 aliphatic rings. The Kier molecular flexibility index (Phi) is 5.61. The molecular formula is C22H19FN2O2. The molecule has 27 heavy (non-hydrogen) atoms. The van der Waals surface area contributed by atoms with Crippen molar-refractivity contribution in [1.82, 2.24) is 5.32 Å². The predicted octanol–water partition coefficient (Wildman–Crippen LogP) is 4.57. The highest BCUT2D eigenvalue weighted by Crippen LogP contribution is 2.19. The van der Waals surface area contributed by atoms with Gasteiger partial charge in [0.1, 0.15) is 5.82 Å². The maximum absolute atomic E-state index is 13.0. The topological polar surface area (TPSA) is 58.2 Å². The summed E-state index contributed by atoms with van der Waals surface area (Å²) >= 11 is 0. The largest absolute Gasteiger partial charge is 0.345 e. The molecule has 136 valence electrons. The Labute approximate surface area is 157 Å². The highest BCUT2D eigenvalue weighted by atomic mass is 19.1. The minimum atomic E-state index is -0.416. The molecule has 0 aromatic heterocycles. The molecule has 0 aliphatic carbocycles. The summed E-state index contributed by atoms with van der Waals surface area (Å²) in [4.78, 5) is 25.1. The van der Waals surface area contributed by atoms with E-state index in [1.165, 1.54) is 24.3 Å². The molecular weight excluding hydrogens is 343 g/mol. The van der Waals surface area contributed by atoms with Crippen molar-refractivity contribution in [3.05, 3.63) is 101 Å². The molecule has 4 nitrogen and oxygen atoms in total. The molecule has 5 heteroatoms. The lowest BCUT2D eigenvalue weighted by molar-refractivity contribution is 0.0941. The van der Waals surface area contributed by atoms with Crippen molar-refractivity contribution in [2.45, 2.75) is 13.0 Å². The van der Waals surface area contributed by atoms with Crippen LogP contribution in [0.3, 0.4) is 0 Å². The van der Waals surface area contributed by atoms with E-state index in [2.05, 4.69) is 10.6 Å². The van der Waals surface area contributed by atoms with Gasteiger partial charge < -0.3 is 10.6 Å². The van der Waals surface area contributed by atoms with Crippen LogP contribution in [0.1, 0.15) is 39.2 Å². The number of benzene rings is 3. The van der Waals surface area contributed by atoms with Gasteiger partial charge in [-0.2, -0.15) is 0 Å². The first kappa shape index (κ1) is 18.3. The van der Waals surface area contributed by atoms with Gasteiger partial charge in [-0.15, -0.1) is 0 Å². The van der Waals surface area contributed by atoms with Gasteiger partial charge in [-0.25, -0.2) is 4.39 Å². The normalized spacial score (nSPS) is 11.5. The van der Waals surface area contributed by atoms with E-state index >= 15 is 0 Å². The standard InChI is InChI=1S/C22H19FN2O2/c1-15(16-7-3-2-4-8-16)24-22(27)19-9-5-6-10-20(19)25-21(26)17-11-13-18(23)14-12-17/h2-15H,1H3,(H,24,27)(H,25,26). The second-order valence-corrected chi connectivity index (χ2v) is 6.11. The summed E-state index contributed by atoms with van der Waals surface area (Å²) in [6.45, 7) is 1.90. The van der Waals surface area contributed by atoms with Crippen molar-refractivity contribution in [2.24, 2.45) is 0 Å². The van der Waals surface area contributed by atoms with Crippen LogP contribution in [-0.2, 0) is 0 Å². The number of carbonyl (C=O) groups excluding carboxylic acids is 2. The Morgan fingerprint density at radius 2 is 1.44 bits per heavy atom. The van der Waals surface area contributed by atoms with E-state index in [0.717, 1.165) is 5.56 Å². The van der Waals surface area contributed by atoms with Crippen LogP contribution in [0.5, 0.6) is 0 Å². The van der Waals surface area contributed by atoms with E-state index < -0.39 is 11.7 Å². The van der Waals surface area contributed by atoms with Crippen LogP contribution >= 0.6 is 0 Å². The molecule has 1 atom stereocenters. The van der Waals surface area contributed by atoms with E-state index in [1.54, 1.807) is 24.3 Å². The number of amides is 2. The summed E-state index contributed by atoms with van der Waals surface area (Å²) in [5.74, 6) is -1.12. The van der Waals surface area contributed by atoms with E-state index in [9.17, 15) is 14.0 Å². The molecule has 0 spiro atoms. The number of nitrogens with one attached hydrogen (secondary N) is 2. The van der Waals surface area contributed by atoms with Crippen LogP contribution in [0.4, 0.5) is 10.1 Å². The number of rotatable bonds is 5. The maximum Gasteiger partial charge on any atom is 0.255 e. The average molecular weight is 362 g/mol. The molecule has 0 radical (unpaired) electrons. The molecule has 0 heterocycles. The Hall–Kier alpha value is -3.47. The quantitative estimate of drug-likeness (QED) is 0.698. The fraction of sp³-hybridized carbons (Fsp3) is 0.0909. The van der Waals surface area contributed by atoms with Gasteiger partial charge in [-0.3, -0.25) is 9.59 Å². The highest BCUT2D eigenvalue weighted by Gasteiger charge is 2.16. The minimum Gasteiger partial charge on any atom is -0.345 e. The van der Waals surface area contributed by atoms with Crippen molar-refractivity contribution in [3.63, 3.8) is 0 Å². The highest BCUT2D eigenvalue weighted by molar-refractivity contribution is 6.09. The summed E-state index contributed by atoms with van der Waals surface area (Å²) in [7, 11) is 0. The van der Waals surface area contributed by atoms with Crippen molar-refractivity contribution in [3.8, 4) is 0 Å². The smallest absolute Gasteiger partial charge is 0.255 e. The van der Waals surface area contributed by atoms with Crippen molar-refractivity contribution in [1.29, 1.82) is 0 Å². The second kappa shape index (κ2) is 8.27. The molecule has 3 aromatic rings. The molecule has 0 aliphatic heterocycles. The zero-order valence-electron chi connectivity index (χ0n) is 14.8. The van der Waals surface area contributed by atoms with Gasteiger partial charge in [0.2, 0.25) is 0 Å². The maximum atomic E-state index is 13.0. The summed E-state index contributed by atoms with van der Waals surface area (Å²) in [6.07, 6.45) is 0. The molecule has 1 unspecified atom stereocenters. The molecule has 0 bridgehead atoms. The first-order valence-electron chi connectivity index (χ1n) is 8.56. The average Bonchev–Trinajstić information content (AvgIpc) is 2.69. The lowest BCUT2D eigenvalue weighted by atomic mass is 10.1. The van der Waals surface area contributed by atoms with Crippen molar-refractivity contribution in [2.75, 3.05) is 5.32 Å². The Morgan fingerprint density at radius 3 is 2.15 bits per heavy atom. The van der Waals surface area contributed by atoms with Gasteiger partial charge in [0.05, 0.1) is 17.3 Å². The molecule has 3 aromatic carbocycles. The molecule has 0 saturated heterocycles. The summed E-state index contributed by atoms with van der Waals surface area (Å²) in [6, 6.07) is 21.4. The first-order chi connectivity index (χ1) is 13.0. The van der Waals surface area contributed by atoms with E-state index in [0.29, 0.717) is 16.8 Å². The SMILES string of the molecule is CC(NC(=O)c1ccccc1NC(=O)c1ccc(F)cc1)c1ccccc1. The zero-order valence-corrected chi connectivity index (χ0v) is 14.8. The lowest BCUT2D eigenvalue weighted by Gasteiger charge is -2.16. The molecule has 0 saturated carbocycles. The van der Waals surface area contributed by atoms with Gasteiger partial charge in [0.15, 0.2) is 0 Å². The Balaban J connectivity index is 1.76. The molecule has 2 amide bonds. The fourth-order valence-electron chi connectivity index (χ4n) is 2.69. The lowest BCUT2D eigenvalue weighted by Crippen LogP contribution is -2.28. The van der Waals surface area contributed by atoms with Crippen LogP contribution in [0.2, 0.25) is 0 Å². The zero-order chi connectivity index (χ0) is 19.2. The van der Waals surface area contributed by atoms with Crippen LogP contribution in [0.15, 0.2) is 78.9 Å². The van der Waals surface area contributed by atoms with Crippen molar-refractivity contribution < 1.29 is 14.0 Å². The molecule has 2 N–H and O–H groups in total. The summed E-state index contributed by atoms with van der Waals surface area (Å²) < 4.78 is 13.0.